The number of aromatic nitrogens is 2. The van der Waals surface area contributed by atoms with E-state index in [1.165, 1.54) is 6.07 Å². The van der Waals surface area contributed by atoms with Gasteiger partial charge in [-0.2, -0.15) is 0 Å². The quantitative estimate of drug-likeness (QED) is 0.600. The fraction of sp³-hybridized carbons (Fsp3) is 0.357. The standard InChI is InChI=1S/C14H18N4O2/c1-2-4-13(17-10-14-15-7-8-16-14)11-5-3-6-12(9-11)18(19)20/h3,5-9,13,17H,2,4,10H2,1H3,(H,15,16). The maximum absolute atomic E-state index is 10.8. The number of hydrogen-bond donors (Lipinski definition) is 2. The number of benzene rings is 1. The average Bonchev–Trinajstić information content (AvgIpc) is 2.97. The Morgan fingerprint density at radius 2 is 2.35 bits per heavy atom. The Morgan fingerprint density at radius 1 is 1.50 bits per heavy atom. The second-order valence-electron chi connectivity index (χ2n) is 4.61. The molecule has 1 atom stereocenters. The SMILES string of the molecule is CCCC(NCc1ncc[nH]1)c1cccc([N+](=O)[O-])c1. The molecule has 6 nitrogen and oxygen atoms in total. The number of rotatable bonds is 7. The molecule has 2 rings (SSSR count). The van der Waals surface area contributed by atoms with Gasteiger partial charge in [0.05, 0.1) is 11.5 Å². The molecule has 106 valence electrons. The number of imidazole rings is 1. The summed E-state index contributed by atoms with van der Waals surface area (Å²) in [6, 6.07) is 6.88. The van der Waals surface area contributed by atoms with Gasteiger partial charge < -0.3 is 10.3 Å². The molecule has 0 fully saturated rings. The molecule has 1 heterocycles. The van der Waals surface area contributed by atoms with Crippen LogP contribution >= 0.6 is 0 Å². The van der Waals surface area contributed by atoms with E-state index in [4.69, 9.17) is 0 Å². The molecule has 0 aliphatic carbocycles. The number of H-pyrrole nitrogens is 1. The Labute approximate surface area is 117 Å². The Balaban J connectivity index is 2.10. The molecule has 2 aromatic rings. The fourth-order valence-corrected chi connectivity index (χ4v) is 2.14. The highest BCUT2D eigenvalue weighted by Gasteiger charge is 2.14. The second-order valence-corrected chi connectivity index (χ2v) is 4.61. The highest BCUT2D eigenvalue weighted by molar-refractivity contribution is 5.35. The van der Waals surface area contributed by atoms with Gasteiger partial charge in [0.25, 0.3) is 5.69 Å². The number of nitro benzene ring substituents is 1. The van der Waals surface area contributed by atoms with E-state index in [0.717, 1.165) is 24.2 Å². The van der Waals surface area contributed by atoms with Crippen LogP contribution in [0.4, 0.5) is 5.69 Å². The van der Waals surface area contributed by atoms with Crippen LogP contribution in [-0.4, -0.2) is 14.9 Å². The van der Waals surface area contributed by atoms with Crippen molar-refractivity contribution in [3.63, 3.8) is 0 Å². The molecular formula is C14H18N4O2. The monoisotopic (exact) mass is 274 g/mol. The summed E-state index contributed by atoms with van der Waals surface area (Å²) in [6.45, 7) is 2.71. The Morgan fingerprint density at radius 3 is 3.00 bits per heavy atom. The summed E-state index contributed by atoms with van der Waals surface area (Å²) in [5.41, 5.74) is 1.07. The lowest BCUT2D eigenvalue weighted by molar-refractivity contribution is -0.384. The van der Waals surface area contributed by atoms with Crippen molar-refractivity contribution in [2.45, 2.75) is 32.4 Å². The summed E-state index contributed by atoms with van der Waals surface area (Å²) in [6.07, 6.45) is 5.40. The summed E-state index contributed by atoms with van der Waals surface area (Å²) in [5.74, 6) is 0.858. The third kappa shape index (κ3) is 3.64. The molecule has 0 saturated heterocycles. The summed E-state index contributed by atoms with van der Waals surface area (Å²) in [5, 5.41) is 14.2. The van der Waals surface area contributed by atoms with Gasteiger partial charge in [0.2, 0.25) is 0 Å². The van der Waals surface area contributed by atoms with Gasteiger partial charge in [-0.05, 0) is 12.0 Å². The minimum atomic E-state index is -0.362. The number of nitro groups is 1. The first kappa shape index (κ1) is 14.2. The lowest BCUT2D eigenvalue weighted by Crippen LogP contribution is -2.21. The summed E-state index contributed by atoms with van der Waals surface area (Å²) >= 11 is 0. The number of nitrogens with zero attached hydrogens (tertiary/aromatic N) is 2. The second kappa shape index (κ2) is 6.81. The zero-order valence-corrected chi connectivity index (χ0v) is 11.4. The van der Waals surface area contributed by atoms with Gasteiger partial charge in [0.1, 0.15) is 5.82 Å². The zero-order valence-electron chi connectivity index (χ0n) is 11.4. The predicted molar refractivity (Wildman–Crippen MR) is 76.2 cm³/mol. The molecule has 2 N–H and O–H groups in total. The molecule has 0 bridgehead atoms. The maximum Gasteiger partial charge on any atom is 0.269 e. The van der Waals surface area contributed by atoms with E-state index < -0.39 is 0 Å². The largest absolute Gasteiger partial charge is 0.348 e. The van der Waals surface area contributed by atoms with Gasteiger partial charge in [-0.3, -0.25) is 10.1 Å². The number of aromatic amines is 1. The molecule has 1 unspecified atom stereocenters. The molecule has 1 aromatic carbocycles. The van der Waals surface area contributed by atoms with E-state index in [1.807, 2.05) is 6.07 Å². The van der Waals surface area contributed by atoms with Crippen LogP contribution in [-0.2, 0) is 6.54 Å². The van der Waals surface area contributed by atoms with Gasteiger partial charge >= 0.3 is 0 Å². The van der Waals surface area contributed by atoms with Gasteiger partial charge in [-0.25, -0.2) is 4.98 Å². The molecule has 0 radical (unpaired) electrons. The first-order valence-corrected chi connectivity index (χ1v) is 6.66. The predicted octanol–water partition coefficient (Wildman–Crippen LogP) is 2.95. The van der Waals surface area contributed by atoms with Gasteiger partial charge in [0, 0.05) is 30.6 Å². The molecule has 0 amide bonds. The molecule has 20 heavy (non-hydrogen) atoms. The highest BCUT2D eigenvalue weighted by Crippen LogP contribution is 2.23. The van der Waals surface area contributed by atoms with Crippen LogP contribution in [0.3, 0.4) is 0 Å². The Hall–Kier alpha value is -2.21. The van der Waals surface area contributed by atoms with Crippen molar-refractivity contribution in [2.24, 2.45) is 0 Å². The highest BCUT2D eigenvalue weighted by atomic mass is 16.6. The van der Waals surface area contributed by atoms with E-state index in [9.17, 15) is 10.1 Å². The summed E-state index contributed by atoms with van der Waals surface area (Å²) < 4.78 is 0. The summed E-state index contributed by atoms with van der Waals surface area (Å²) in [4.78, 5) is 17.7. The normalized spacial score (nSPS) is 12.2. The van der Waals surface area contributed by atoms with Crippen LogP contribution in [0.25, 0.3) is 0 Å². The molecule has 6 heteroatoms. The van der Waals surface area contributed by atoms with E-state index in [-0.39, 0.29) is 16.7 Å². The first-order valence-electron chi connectivity index (χ1n) is 6.66. The Bertz CT molecular complexity index is 554. The van der Waals surface area contributed by atoms with Crippen molar-refractivity contribution in [2.75, 3.05) is 0 Å². The van der Waals surface area contributed by atoms with E-state index in [1.54, 1.807) is 24.5 Å². The minimum absolute atomic E-state index is 0.0880. The van der Waals surface area contributed by atoms with E-state index >= 15 is 0 Å². The van der Waals surface area contributed by atoms with Gasteiger partial charge in [-0.15, -0.1) is 0 Å². The van der Waals surface area contributed by atoms with Crippen LogP contribution in [0.1, 0.15) is 37.2 Å². The van der Waals surface area contributed by atoms with Crippen molar-refractivity contribution in [1.29, 1.82) is 0 Å². The molecule has 1 aromatic heterocycles. The third-order valence-electron chi connectivity index (χ3n) is 3.13. The van der Waals surface area contributed by atoms with Crippen LogP contribution in [0.5, 0.6) is 0 Å². The first-order chi connectivity index (χ1) is 9.70. The van der Waals surface area contributed by atoms with Crippen molar-refractivity contribution in [3.05, 3.63) is 58.2 Å². The van der Waals surface area contributed by atoms with Crippen molar-refractivity contribution < 1.29 is 4.92 Å². The van der Waals surface area contributed by atoms with Gasteiger partial charge in [0.15, 0.2) is 0 Å². The summed E-state index contributed by atoms with van der Waals surface area (Å²) in [7, 11) is 0. The molecule has 0 spiro atoms. The van der Waals surface area contributed by atoms with Crippen LogP contribution in [0.2, 0.25) is 0 Å². The van der Waals surface area contributed by atoms with Crippen molar-refractivity contribution in [3.8, 4) is 0 Å². The van der Waals surface area contributed by atoms with Crippen LogP contribution < -0.4 is 5.32 Å². The average molecular weight is 274 g/mol. The van der Waals surface area contributed by atoms with Crippen LogP contribution in [0.15, 0.2) is 36.7 Å². The Kier molecular flexibility index (Phi) is 4.84. The number of non-ortho nitro benzene ring substituents is 1. The number of hydrogen-bond acceptors (Lipinski definition) is 4. The lowest BCUT2D eigenvalue weighted by Gasteiger charge is -2.17. The molecular weight excluding hydrogens is 256 g/mol. The fourth-order valence-electron chi connectivity index (χ4n) is 2.14. The van der Waals surface area contributed by atoms with Crippen molar-refractivity contribution in [1.82, 2.24) is 15.3 Å². The van der Waals surface area contributed by atoms with E-state index in [2.05, 4.69) is 22.2 Å². The number of nitrogens with one attached hydrogen (secondary N) is 2. The lowest BCUT2D eigenvalue weighted by atomic mass is 10.0. The molecule has 0 aliphatic heterocycles. The maximum atomic E-state index is 10.8. The molecule has 0 saturated carbocycles. The zero-order chi connectivity index (χ0) is 14.4. The van der Waals surface area contributed by atoms with E-state index in [0.29, 0.717) is 6.54 Å². The third-order valence-corrected chi connectivity index (χ3v) is 3.13. The van der Waals surface area contributed by atoms with Crippen LogP contribution in [0, 0.1) is 10.1 Å². The topological polar surface area (TPSA) is 83.8 Å². The van der Waals surface area contributed by atoms with Gasteiger partial charge in [-0.1, -0.05) is 25.5 Å². The minimum Gasteiger partial charge on any atom is -0.348 e. The smallest absolute Gasteiger partial charge is 0.269 e. The van der Waals surface area contributed by atoms with Crippen molar-refractivity contribution >= 4 is 5.69 Å². The molecule has 0 aliphatic rings.